The van der Waals surface area contributed by atoms with Gasteiger partial charge in [-0.15, -0.1) is 0 Å². The summed E-state index contributed by atoms with van der Waals surface area (Å²) in [5.74, 6) is 0. The molecule has 0 aromatic carbocycles. The summed E-state index contributed by atoms with van der Waals surface area (Å²) in [7, 11) is 0. The summed E-state index contributed by atoms with van der Waals surface area (Å²) >= 11 is -5.25. The maximum atomic E-state index is 8.82. The standard InChI is InChI=1S/H2O4Se.V/c1-5(2,3)4;/h(H2,1,2,3,4);. The van der Waals surface area contributed by atoms with E-state index >= 15 is 0 Å². The van der Waals surface area contributed by atoms with Crippen LogP contribution in [0.5, 0.6) is 0 Å². The Morgan fingerprint density at radius 3 is 1.17 bits per heavy atom. The van der Waals surface area contributed by atoms with Gasteiger partial charge in [-0.3, -0.25) is 0 Å². The van der Waals surface area contributed by atoms with E-state index in [4.69, 9.17) is 16.0 Å². The first-order valence-electron chi connectivity index (χ1n) is 0.698. The molecule has 1 radical (unpaired) electrons. The molecule has 0 amide bonds. The zero-order valence-electron chi connectivity index (χ0n) is 2.57. The third kappa shape index (κ3) is 156. The summed E-state index contributed by atoms with van der Waals surface area (Å²) in [6, 6.07) is 0. The summed E-state index contributed by atoms with van der Waals surface area (Å²) < 4.78 is 31.9. The average molecular weight is 196 g/mol. The summed E-state index contributed by atoms with van der Waals surface area (Å²) in [5, 5.41) is 0. The van der Waals surface area contributed by atoms with E-state index in [1.54, 1.807) is 0 Å². The first-order chi connectivity index (χ1) is 2.00. The largest absolute Gasteiger partial charge is 0 e. The molecule has 4 nitrogen and oxygen atoms in total. The molecule has 0 fully saturated rings. The van der Waals surface area contributed by atoms with Crippen molar-refractivity contribution in [3.05, 3.63) is 0 Å². The van der Waals surface area contributed by atoms with Crippen LogP contribution in [0.15, 0.2) is 0 Å². The molecule has 0 spiro atoms. The number of hydrogen-bond acceptors (Lipinski definition) is 2. The van der Waals surface area contributed by atoms with Gasteiger partial charge in [-0.05, 0) is 0 Å². The molecule has 6 heteroatoms. The molecule has 0 rings (SSSR count). The van der Waals surface area contributed by atoms with Crippen molar-refractivity contribution >= 4 is 13.4 Å². The molecule has 0 aliphatic rings. The summed E-state index contributed by atoms with van der Waals surface area (Å²) in [5.41, 5.74) is 0. The van der Waals surface area contributed by atoms with E-state index in [1.165, 1.54) is 0 Å². The zero-order valence-corrected chi connectivity index (χ0v) is 5.68. The Labute approximate surface area is 48.3 Å². The van der Waals surface area contributed by atoms with Gasteiger partial charge < -0.3 is 0 Å². The van der Waals surface area contributed by atoms with E-state index < -0.39 is 13.4 Å². The zero-order chi connectivity index (χ0) is 4.50. The Morgan fingerprint density at radius 1 is 1.17 bits per heavy atom. The normalized spacial score (nSPS) is 9.67. The summed E-state index contributed by atoms with van der Waals surface area (Å²) in [6.07, 6.45) is 0. The van der Waals surface area contributed by atoms with Crippen molar-refractivity contribution in [1.82, 2.24) is 0 Å². The number of hydrogen-bond donors (Lipinski definition) is 2. The van der Waals surface area contributed by atoms with Crippen molar-refractivity contribution in [1.29, 1.82) is 0 Å². The Kier molecular flexibility index (Phi) is 4.48. The first-order valence-corrected chi connectivity index (χ1v) is 3.63. The van der Waals surface area contributed by atoms with Crippen molar-refractivity contribution in [3.8, 4) is 0 Å². The van der Waals surface area contributed by atoms with Crippen LogP contribution in [0.2, 0.25) is 0 Å². The van der Waals surface area contributed by atoms with Crippen LogP contribution in [0.4, 0.5) is 0 Å². The predicted molar refractivity (Wildman–Crippen MR) is 11.6 cm³/mol. The van der Waals surface area contributed by atoms with Crippen molar-refractivity contribution < 1.29 is 34.6 Å². The van der Waals surface area contributed by atoms with Gasteiger partial charge in [0.1, 0.15) is 0 Å². The fourth-order valence-corrected chi connectivity index (χ4v) is 0. The molecule has 0 atom stereocenters. The third-order valence-electron chi connectivity index (χ3n) is 0. The van der Waals surface area contributed by atoms with Crippen LogP contribution >= 0.6 is 0 Å². The quantitative estimate of drug-likeness (QED) is 0.451. The maximum Gasteiger partial charge on any atom is 0 e. The Morgan fingerprint density at radius 2 is 1.17 bits per heavy atom. The van der Waals surface area contributed by atoms with Crippen LogP contribution in [0, 0.1) is 0 Å². The second kappa shape index (κ2) is 2.74. The average Bonchev–Trinajstić information content (AvgIpc) is 0.722. The van der Waals surface area contributed by atoms with Gasteiger partial charge in [-0.2, -0.15) is 0 Å². The molecular weight excluding hydrogens is 194 g/mol. The first kappa shape index (κ1) is 9.80. The second-order valence-corrected chi connectivity index (χ2v) is 2.33. The van der Waals surface area contributed by atoms with Crippen LogP contribution in [-0.4, -0.2) is 21.7 Å². The molecule has 6 heavy (non-hydrogen) atoms. The molecule has 0 saturated heterocycles. The fraction of sp³-hybridized carbons (Fsp3) is 0. The minimum Gasteiger partial charge on any atom is 0 e. The molecule has 0 unspecified atom stereocenters. The van der Waals surface area contributed by atoms with Gasteiger partial charge in [0, 0.05) is 18.6 Å². The predicted octanol–water partition coefficient (Wildman–Crippen LogP) is -1.73. The van der Waals surface area contributed by atoms with Crippen LogP contribution in [0.25, 0.3) is 0 Å². The van der Waals surface area contributed by atoms with E-state index in [0.29, 0.717) is 0 Å². The van der Waals surface area contributed by atoms with E-state index in [0.717, 1.165) is 0 Å². The molecule has 0 aliphatic carbocycles. The smallest absolute Gasteiger partial charge is 0 e. The fourth-order valence-electron chi connectivity index (χ4n) is 0. The van der Waals surface area contributed by atoms with Crippen LogP contribution in [-0.2, 0) is 26.2 Å². The van der Waals surface area contributed by atoms with Crippen molar-refractivity contribution in [2.45, 2.75) is 0 Å². The molecule has 0 bridgehead atoms. The Hall–Kier alpha value is 0.624. The van der Waals surface area contributed by atoms with E-state index in [-0.39, 0.29) is 18.6 Å². The maximum absolute atomic E-state index is 8.82. The van der Waals surface area contributed by atoms with Crippen LogP contribution < -0.4 is 0 Å². The Balaban J connectivity index is 0. The van der Waals surface area contributed by atoms with Gasteiger partial charge in [-0.1, -0.05) is 0 Å². The topological polar surface area (TPSA) is 74.6 Å². The van der Waals surface area contributed by atoms with E-state index in [9.17, 15) is 0 Å². The summed E-state index contributed by atoms with van der Waals surface area (Å²) in [6.45, 7) is 0. The molecule has 0 heterocycles. The molecule has 0 saturated carbocycles. The monoisotopic (exact) mass is 197 g/mol. The van der Waals surface area contributed by atoms with Gasteiger partial charge in [0.25, 0.3) is 0 Å². The molecular formula is H2O4SeV. The summed E-state index contributed by atoms with van der Waals surface area (Å²) in [4.78, 5) is 0. The SMILES string of the molecule is O=[Se](=O)(O)O.[V]. The van der Waals surface area contributed by atoms with Crippen molar-refractivity contribution in [2.75, 3.05) is 0 Å². The van der Waals surface area contributed by atoms with Gasteiger partial charge in [0.15, 0.2) is 0 Å². The second-order valence-electron chi connectivity index (χ2n) is 0.448. The van der Waals surface area contributed by atoms with Crippen molar-refractivity contribution in [3.63, 3.8) is 0 Å². The van der Waals surface area contributed by atoms with Crippen LogP contribution in [0.1, 0.15) is 0 Å². The minimum atomic E-state index is -5.25. The van der Waals surface area contributed by atoms with E-state index in [1.807, 2.05) is 0 Å². The van der Waals surface area contributed by atoms with Gasteiger partial charge in [0.05, 0.1) is 0 Å². The minimum absolute atomic E-state index is 0. The van der Waals surface area contributed by atoms with E-state index in [2.05, 4.69) is 0 Å². The van der Waals surface area contributed by atoms with Gasteiger partial charge in [-0.25, -0.2) is 0 Å². The Bertz CT molecular complexity index is 90.7. The van der Waals surface area contributed by atoms with Gasteiger partial charge >= 0.3 is 29.4 Å². The number of rotatable bonds is 0. The molecule has 0 aromatic rings. The molecule has 0 aromatic heterocycles. The third-order valence-corrected chi connectivity index (χ3v) is 0. The molecule has 37 valence electrons. The van der Waals surface area contributed by atoms with Crippen LogP contribution in [0.3, 0.4) is 0 Å². The van der Waals surface area contributed by atoms with Crippen molar-refractivity contribution in [2.24, 2.45) is 0 Å². The molecule has 2 N–H and O–H groups in total. The molecule has 0 aliphatic heterocycles. The van der Waals surface area contributed by atoms with Gasteiger partial charge in [0.2, 0.25) is 0 Å².